The fourth-order valence-corrected chi connectivity index (χ4v) is 3.54. The van der Waals surface area contributed by atoms with Crippen molar-refractivity contribution in [3.63, 3.8) is 0 Å². The van der Waals surface area contributed by atoms with Gasteiger partial charge < -0.3 is 19.7 Å². The van der Waals surface area contributed by atoms with E-state index < -0.39 is 0 Å². The van der Waals surface area contributed by atoms with Gasteiger partial charge in [0.2, 0.25) is 5.91 Å². The third kappa shape index (κ3) is 3.21. The zero-order chi connectivity index (χ0) is 17.3. The smallest absolute Gasteiger partial charge is 0.248 e. The van der Waals surface area contributed by atoms with E-state index in [2.05, 4.69) is 19.2 Å². The van der Waals surface area contributed by atoms with Crippen LogP contribution >= 0.6 is 0 Å². The van der Waals surface area contributed by atoms with Gasteiger partial charge in [-0.1, -0.05) is 0 Å². The standard InChI is InChI=1S/C19H26N2O3/c1-19(2)12-13-9-16(23-3)17(24-4)10-14(13)15(20-19)11-18(22)21-7-5-6-8-21/h9-11,20H,5-8,12H2,1-4H3. The molecule has 130 valence electrons. The third-order valence-corrected chi connectivity index (χ3v) is 4.69. The molecule has 5 heteroatoms. The van der Waals surface area contributed by atoms with Gasteiger partial charge in [-0.15, -0.1) is 0 Å². The third-order valence-electron chi connectivity index (χ3n) is 4.69. The number of methoxy groups -OCH3 is 2. The quantitative estimate of drug-likeness (QED) is 0.866. The maximum Gasteiger partial charge on any atom is 0.248 e. The molecule has 0 aliphatic carbocycles. The molecule has 1 fully saturated rings. The first-order valence-electron chi connectivity index (χ1n) is 8.47. The van der Waals surface area contributed by atoms with Crippen LogP contribution in [0, 0.1) is 0 Å². The summed E-state index contributed by atoms with van der Waals surface area (Å²) in [5.41, 5.74) is 2.92. The van der Waals surface area contributed by atoms with Crippen LogP contribution in [-0.2, 0) is 11.2 Å². The largest absolute Gasteiger partial charge is 0.493 e. The van der Waals surface area contributed by atoms with E-state index in [0.717, 1.165) is 54.9 Å². The summed E-state index contributed by atoms with van der Waals surface area (Å²) >= 11 is 0. The van der Waals surface area contributed by atoms with E-state index >= 15 is 0 Å². The summed E-state index contributed by atoms with van der Waals surface area (Å²) in [6.45, 7) is 5.98. The van der Waals surface area contributed by atoms with Crippen molar-refractivity contribution in [1.29, 1.82) is 0 Å². The van der Waals surface area contributed by atoms with Crippen LogP contribution in [-0.4, -0.2) is 43.7 Å². The second kappa shape index (κ2) is 6.38. The molecule has 0 aromatic heterocycles. The van der Waals surface area contributed by atoms with Gasteiger partial charge in [-0.2, -0.15) is 0 Å². The molecule has 1 amide bonds. The van der Waals surface area contributed by atoms with Gasteiger partial charge in [0, 0.05) is 36.0 Å². The fourth-order valence-electron chi connectivity index (χ4n) is 3.54. The summed E-state index contributed by atoms with van der Waals surface area (Å²) in [5.74, 6) is 1.48. The Bertz CT molecular complexity index is 673. The maximum absolute atomic E-state index is 12.6. The van der Waals surface area contributed by atoms with Gasteiger partial charge in [-0.05, 0) is 50.8 Å². The van der Waals surface area contributed by atoms with Crippen molar-refractivity contribution in [2.24, 2.45) is 0 Å². The van der Waals surface area contributed by atoms with Crippen LogP contribution in [0.4, 0.5) is 0 Å². The Kier molecular flexibility index (Phi) is 4.43. The molecule has 2 aliphatic rings. The Balaban J connectivity index is 2.03. The minimum Gasteiger partial charge on any atom is -0.493 e. The van der Waals surface area contributed by atoms with E-state index in [1.165, 1.54) is 0 Å². The lowest BCUT2D eigenvalue weighted by Gasteiger charge is -2.36. The van der Waals surface area contributed by atoms with Crippen LogP contribution in [0.15, 0.2) is 18.2 Å². The van der Waals surface area contributed by atoms with E-state index in [4.69, 9.17) is 9.47 Å². The molecular weight excluding hydrogens is 304 g/mol. The molecule has 1 aromatic rings. The predicted molar refractivity (Wildman–Crippen MR) is 94.3 cm³/mol. The van der Waals surface area contributed by atoms with Crippen molar-refractivity contribution >= 4 is 11.6 Å². The van der Waals surface area contributed by atoms with Crippen LogP contribution in [0.1, 0.15) is 37.8 Å². The van der Waals surface area contributed by atoms with Gasteiger partial charge in [-0.3, -0.25) is 4.79 Å². The average Bonchev–Trinajstić information content (AvgIpc) is 3.07. The minimum atomic E-state index is -0.121. The molecule has 0 saturated carbocycles. The molecule has 3 rings (SSSR count). The van der Waals surface area contributed by atoms with Crippen molar-refractivity contribution in [1.82, 2.24) is 10.2 Å². The Morgan fingerprint density at radius 1 is 1.17 bits per heavy atom. The summed E-state index contributed by atoms with van der Waals surface area (Å²) in [6.07, 6.45) is 4.78. The number of hydrogen-bond donors (Lipinski definition) is 1. The first-order chi connectivity index (χ1) is 11.4. The number of nitrogens with one attached hydrogen (secondary N) is 1. The molecule has 1 aromatic carbocycles. The Hall–Kier alpha value is -2.17. The summed E-state index contributed by atoms with van der Waals surface area (Å²) < 4.78 is 10.9. The molecule has 2 heterocycles. The summed E-state index contributed by atoms with van der Waals surface area (Å²) in [7, 11) is 3.27. The van der Waals surface area contributed by atoms with Crippen LogP contribution in [0.3, 0.4) is 0 Å². The highest BCUT2D eigenvalue weighted by Gasteiger charge is 2.30. The second-order valence-corrected chi connectivity index (χ2v) is 7.14. The summed E-state index contributed by atoms with van der Waals surface area (Å²) in [5, 5.41) is 3.51. The van der Waals surface area contributed by atoms with Crippen molar-refractivity contribution in [3.05, 3.63) is 29.3 Å². The van der Waals surface area contributed by atoms with Gasteiger partial charge >= 0.3 is 0 Å². The number of amides is 1. The molecular formula is C19H26N2O3. The molecule has 0 radical (unpaired) electrons. The van der Waals surface area contributed by atoms with Crippen molar-refractivity contribution in [2.45, 2.75) is 38.6 Å². The van der Waals surface area contributed by atoms with E-state index in [0.29, 0.717) is 5.75 Å². The number of carbonyl (C=O) groups is 1. The Morgan fingerprint density at radius 3 is 2.42 bits per heavy atom. The van der Waals surface area contributed by atoms with Crippen LogP contribution in [0.5, 0.6) is 11.5 Å². The number of carbonyl (C=O) groups excluding carboxylic acids is 1. The summed E-state index contributed by atoms with van der Waals surface area (Å²) in [6, 6.07) is 3.98. The molecule has 1 N–H and O–H groups in total. The molecule has 0 spiro atoms. The number of rotatable bonds is 3. The van der Waals surface area contributed by atoms with E-state index in [1.807, 2.05) is 17.0 Å². The van der Waals surface area contributed by atoms with Gasteiger partial charge in [0.05, 0.1) is 14.2 Å². The highest BCUT2D eigenvalue weighted by atomic mass is 16.5. The van der Waals surface area contributed by atoms with Gasteiger partial charge in [0.1, 0.15) is 0 Å². The number of fused-ring (bicyclic) bond motifs is 1. The van der Waals surface area contributed by atoms with Gasteiger partial charge in [-0.25, -0.2) is 0 Å². The zero-order valence-corrected chi connectivity index (χ0v) is 14.9. The van der Waals surface area contributed by atoms with E-state index in [1.54, 1.807) is 20.3 Å². The topological polar surface area (TPSA) is 50.8 Å². The monoisotopic (exact) mass is 330 g/mol. The predicted octanol–water partition coefficient (Wildman–Crippen LogP) is 2.59. The van der Waals surface area contributed by atoms with Gasteiger partial charge in [0.25, 0.3) is 0 Å². The Labute approximate surface area is 143 Å². The highest BCUT2D eigenvalue weighted by Crippen LogP contribution is 2.38. The molecule has 0 unspecified atom stereocenters. The number of likely N-dealkylation sites (tertiary alicyclic amines) is 1. The molecule has 0 atom stereocenters. The molecule has 2 aliphatic heterocycles. The van der Waals surface area contributed by atoms with Gasteiger partial charge in [0.15, 0.2) is 11.5 Å². The van der Waals surface area contributed by atoms with Crippen LogP contribution in [0.25, 0.3) is 5.70 Å². The normalized spacial score (nSPS) is 20.5. The lowest BCUT2D eigenvalue weighted by molar-refractivity contribution is -0.124. The van der Waals surface area contributed by atoms with Crippen LogP contribution in [0.2, 0.25) is 0 Å². The van der Waals surface area contributed by atoms with Crippen molar-refractivity contribution < 1.29 is 14.3 Å². The van der Waals surface area contributed by atoms with Crippen LogP contribution < -0.4 is 14.8 Å². The zero-order valence-electron chi connectivity index (χ0n) is 14.9. The number of nitrogens with zero attached hydrogens (tertiary/aromatic N) is 1. The average molecular weight is 330 g/mol. The molecule has 1 saturated heterocycles. The van der Waals surface area contributed by atoms with Crippen molar-refractivity contribution in [3.8, 4) is 11.5 Å². The molecule has 5 nitrogen and oxygen atoms in total. The lowest BCUT2D eigenvalue weighted by atomic mass is 9.85. The Morgan fingerprint density at radius 2 is 1.79 bits per heavy atom. The fraction of sp³-hybridized carbons (Fsp3) is 0.526. The lowest BCUT2D eigenvalue weighted by Crippen LogP contribution is -2.44. The first kappa shape index (κ1) is 16.7. The van der Waals surface area contributed by atoms with E-state index in [-0.39, 0.29) is 11.4 Å². The highest BCUT2D eigenvalue weighted by molar-refractivity contribution is 5.96. The molecule has 24 heavy (non-hydrogen) atoms. The van der Waals surface area contributed by atoms with E-state index in [9.17, 15) is 4.79 Å². The summed E-state index contributed by atoms with van der Waals surface area (Å²) in [4.78, 5) is 14.5. The number of benzene rings is 1. The second-order valence-electron chi connectivity index (χ2n) is 7.14. The minimum absolute atomic E-state index is 0.0773. The molecule has 0 bridgehead atoms. The van der Waals surface area contributed by atoms with Crippen molar-refractivity contribution in [2.75, 3.05) is 27.3 Å². The number of hydrogen-bond acceptors (Lipinski definition) is 4. The SMILES string of the molecule is COc1cc2c(cc1OC)C(=CC(=O)N1CCCC1)NC(C)(C)C2. The maximum atomic E-state index is 12.6. The first-order valence-corrected chi connectivity index (χ1v) is 8.47. The number of ether oxygens (including phenoxy) is 2.